The van der Waals surface area contributed by atoms with E-state index in [4.69, 9.17) is 16.3 Å². The van der Waals surface area contributed by atoms with E-state index >= 15 is 0 Å². The fourth-order valence-corrected chi connectivity index (χ4v) is 4.05. The number of carbonyl (C=O) groups is 2. The Morgan fingerprint density at radius 3 is 2.19 bits per heavy atom. The average molecular weight is 473 g/mol. The Bertz CT molecular complexity index is 1240. The van der Waals surface area contributed by atoms with E-state index in [1.54, 1.807) is 25.1 Å². The number of aryl methyl sites for hydroxylation is 1. The molecule has 0 aliphatic heterocycles. The van der Waals surface area contributed by atoms with Crippen molar-refractivity contribution < 1.29 is 22.7 Å². The molecule has 0 bridgehead atoms. The molecule has 3 aromatic carbocycles. The van der Waals surface area contributed by atoms with E-state index in [1.165, 1.54) is 48.5 Å². The van der Waals surface area contributed by atoms with Crippen molar-refractivity contribution in [2.45, 2.75) is 18.7 Å². The Morgan fingerprint density at radius 2 is 1.56 bits per heavy atom. The van der Waals surface area contributed by atoms with Gasteiger partial charge in [-0.15, -0.1) is 0 Å². The number of sulfonamides is 1. The van der Waals surface area contributed by atoms with Gasteiger partial charge in [0.25, 0.3) is 15.9 Å². The summed E-state index contributed by atoms with van der Waals surface area (Å²) in [6, 6.07) is 16.9. The first kappa shape index (κ1) is 23.3. The van der Waals surface area contributed by atoms with Gasteiger partial charge in [-0.25, -0.2) is 13.2 Å². The van der Waals surface area contributed by atoms with Crippen molar-refractivity contribution in [3.63, 3.8) is 0 Å². The van der Waals surface area contributed by atoms with Crippen molar-refractivity contribution in [3.8, 4) is 0 Å². The van der Waals surface area contributed by atoms with E-state index in [-0.39, 0.29) is 22.1 Å². The van der Waals surface area contributed by atoms with Gasteiger partial charge in [0.1, 0.15) is 0 Å². The molecule has 7 nitrogen and oxygen atoms in total. The van der Waals surface area contributed by atoms with Gasteiger partial charge in [0.2, 0.25) is 0 Å². The van der Waals surface area contributed by atoms with Gasteiger partial charge in [0.15, 0.2) is 0 Å². The van der Waals surface area contributed by atoms with E-state index in [2.05, 4.69) is 10.0 Å². The second-order valence-corrected chi connectivity index (χ2v) is 8.95. The van der Waals surface area contributed by atoms with Crippen molar-refractivity contribution >= 4 is 44.9 Å². The SMILES string of the molecule is CCOC(=O)c1cc(NC(=O)c2ccc(NS(=O)(=O)c3ccc(C)cc3)cc2)ccc1Cl. The van der Waals surface area contributed by atoms with Crippen LogP contribution in [0.5, 0.6) is 0 Å². The van der Waals surface area contributed by atoms with Crippen LogP contribution in [0.25, 0.3) is 0 Å². The molecule has 0 saturated carbocycles. The average Bonchev–Trinajstić information content (AvgIpc) is 2.75. The third-order valence-electron chi connectivity index (χ3n) is 4.45. The third-order valence-corrected chi connectivity index (χ3v) is 6.18. The lowest BCUT2D eigenvalue weighted by molar-refractivity contribution is 0.0526. The number of hydrogen-bond donors (Lipinski definition) is 2. The van der Waals surface area contributed by atoms with E-state index in [0.717, 1.165) is 5.56 Å². The topological polar surface area (TPSA) is 102 Å². The van der Waals surface area contributed by atoms with Gasteiger partial charge in [-0.3, -0.25) is 9.52 Å². The van der Waals surface area contributed by atoms with Crippen LogP contribution in [0.3, 0.4) is 0 Å². The number of esters is 1. The molecule has 166 valence electrons. The van der Waals surface area contributed by atoms with Crippen LogP contribution in [0.1, 0.15) is 33.2 Å². The Hall–Kier alpha value is -3.36. The second kappa shape index (κ2) is 9.84. The van der Waals surface area contributed by atoms with Crippen LogP contribution >= 0.6 is 11.6 Å². The number of carbonyl (C=O) groups excluding carboxylic acids is 2. The van der Waals surface area contributed by atoms with E-state index in [0.29, 0.717) is 16.9 Å². The zero-order valence-corrected chi connectivity index (χ0v) is 19.0. The number of anilines is 2. The van der Waals surface area contributed by atoms with E-state index < -0.39 is 21.9 Å². The van der Waals surface area contributed by atoms with Gasteiger partial charge in [-0.05, 0) is 68.4 Å². The number of hydrogen-bond acceptors (Lipinski definition) is 5. The first-order valence-electron chi connectivity index (χ1n) is 9.67. The van der Waals surface area contributed by atoms with Crippen molar-refractivity contribution in [1.82, 2.24) is 0 Å². The summed E-state index contributed by atoms with van der Waals surface area (Å²) >= 11 is 6.03. The molecule has 0 aliphatic rings. The molecule has 0 fully saturated rings. The summed E-state index contributed by atoms with van der Waals surface area (Å²) in [5.41, 5.74) is 2.09. The normalized spacial score (nSPS) is 11.0. The number of rotatable bonds is 7. The quantitative estimate of drug-likeness (QED) is 0.477. The minimum Gasteiger partial charge on any atom is -0.462 e. The monoisotopic (exact) mass is 472 g/mol. The highest BCUT2D eigenvalue weighted by molar-refractivity contribution is 7.92. The van der Waals surface area contributed by atoms with Gasteiger partial charge >= 0.3 is 5.97 Å². The number of halogens is 1. The summed E-state index contributed by atoms with van der Waals surface area (Å²) in [6.07, 6.45) is 0. The van der Waals surface area contributed by atoms with Crippen LogP contribution in [-0.4, -0.2) is 26.9 Å². The molecule has 0 saturated heterocycles. The van der Waals surface area contributed by atoms with Crippen molar-refractivity contribution in [3.05, 3.63) is 88.4 Å². The summed E-state index contributed by atoms with van der Waals surface area (Å²) in [5, 5.41) is 2.89. The summed E-state index contributed by atoms with van der Waals surface area (Å²) in [5.74, 6) is -1.02. The maximum absolute atomic E-state index is 12.6. The van der Waals surface area contributed by atoms with Gasteiger partial charge in [0, 0.05) is 16.9 Å². The minimum atomic E-state index is -3.74. The molecule has 0 radical (unpaired) electrons. The Morgan fingerprint density at radius 1 is 0.938 bits per heavy atom. The zero-order valence-electron chi connectivity index (χ0n) is 17.4. The van der Waals surface area contributed by atoms with Crippen molar-refractivity contribution in [2.75, 3.05) is 16.6 Å². The lowest BCUT2D eigenvalue weighted by Crippen LogP contribution is -2.14. The molecule has 3 aromatic rings. The lowest BCUT2D eigenvalue weighted by Gasteiger charge is -2.10. The highest BCUT2D eigenvalue weighted by Crippen LogP contribution is 2.23. The maximum Gasteiger partial charge on any atom is 0.339 e. The molecule has 2 N–H and O–H groups in total. The molecule has 3 rings (SSSR count). The molecule has 0 heterocycles. The van der Waals surface area contributed by atoms with Gasteiger partial charge in [-0.2, -0.15) is 0 Å². The Balaban J connectivity index is 1.71. The highest BCUT2D eigenvalue weighted by Gasteiger charge is 2.16. The lowest BCUT2D eigenvalue weighted by atomic mass is 10.1. The molecular formula is C23H21ClN2O5S. The zero-order chi connectivity index (χ0) is 23.3. The predicted octanol–water partition coefficient (Wildman–Crippen LogP) is 4.88. The molecule has 32 heavy (non-hydrogen) atoms. The van der Waals surface area contributed by atoms with Gasteiger partial charge in [-0.1, -0.05) is 29.3 Å². The molecule has 0 unspecified atom stereocenters. The summed E-state index contributed by atoms with van der Waals surface area (Å²) < 4.78 is 32.4. The Labute approximate surface area is 191 Å². The Kier molecular flexibility index (Phi) is 7.17. The molecule has 0 aromatic heterocycles. The molecule has 0 spiro atoms. The third kappa shape index (κ3) is 5.66. The van der Waals surface area contributed by atoms with Crippen LogP contribution < -0.4 is 10.0 Å². The minimum absolute atomic E-state index is 0.144. The van der Waals surface area contributed by atoms with Crippen LogP contribution in [-0.2, 0) is 14.8 Å². The van der Waals surface area contributed by atoms with E-state index in [1.807, 2.05) is 6.92 Å². The number of nitrogens with one attached hydrogen (secondary N) is 2. The van der Waals surface area contributed by atoms with Crippen LogP contribution in [0.2, 0.25) is 5.02 Å². The molecule has 1 amide bonds. The largest absolute Gasteiger partial charge is 0.462 e. The maximum atomic E-state index is 12.6. The van der Waals surface area contributed by atoms with Crippen LogP contribution in [0.4, 0.5) is 11.4 Å². The second-order valence-electron chi connectivity index (χ2n) is 6.87. The smallest absolute Gasteiger partial charge is 0.339 e. The number of amides is 1. The number of ether oxygens (including phenoxy) is 1. The summed E-state index contributed by atoms with van der Waals surface area (Å²) in [7, 11) is -3.74. The molecule has 0 aliphatic carbocycles. The van der Waals surface area contributed by atoms with Crippen LogP contribution in [0.15, 0.2) is 71.6 Å². The molecule has 0 atom stereocenters. The summed E-state index contributed by atoms with van der Waals surface area (Å²) in [4.78, 5) is 24.7. The van der Waals surface area contributed by atoms with Crippen LogP contribution in [0, 0.1) is 6.92 Å². The standard InChI is InChI=1S/C23H21ClN2O5S/c1-3-31-23(28)20-14-18(10-13-21(20)24)25-22(27)16-6-8-17(9-7-16)26-32(29,30)19-11-4-15(2)5-12-19/h4-14,26H,3H2,1-2H3,(H,25,27). The fraction of sp³-hybridized carbons (Fsp3) is 0.130. The molecular weight excluding hydrogens is 452 g/mol. The van der Waals surface area contributed by atoms with E-state index in [9.17, 15) is 18.0 Å². The van der Waals surface area contributed by atoms with Crippen molar-refractivity contribution in [2.24, 2.45) is 0 Å². The number of benzene rings is 3. The van der Waals surface area contributed by atoms with Crippen molar-refractivity contribution in [1.29, 1.82) is 0 Å². The highest BCUT2D eigenvalue weighted by atomic mass is 35.5. The fourth-order valence-electron chi connectivity index (χ4n) is 2.79. The predicted molar refractivity (Wildman–Crippen MR) is 124 cm³/mol. The van der Waals surface area contributed by atoms with Gasteiger partial charge < -0.3 is 10.1 Å². The summed E-state index contributed by atoms with van der Waals surface area (Å²) in [6.45, 7) is 3.75. The first-order chi connectivity index (χ1) is 15.2. The first-order valence-corrected chi connectivity index (χ1v) is 11.5. The van der Waals surface area contributed by atoms with Gasteiger partial charge in [0.05, 0.1) is 22.1 Å². The molecule has 9 heteroatoms.